The summed E-state index contributed by atoms with van der Waals surface area (Å²) in [5.41, 5.74) is 2.28. The average Bonchev–Trinajstić information content (AvgIpc) is 2.88. The topological polar surface area (TPSA) is 59.3 Å². The molecule has 3 aromatic rings. The van der Waals surface area contributed by atoms with E-state index in [1.54, 1.807) is 12.1 Å². The Morgan fingerprint density at radius 1 is 1.20 bits per heavy atom. The number of aromatic nitrogens is 3. The lowest BCUT2D eigenvalue weighted by Gasteiger charge is -2.08. The van der Waals surface area contributed by atoms with E-state index in [1.165, 1.54) is 4.52 Å². The van der Waals surface area contributed by atoms with Crippen molar-refractivity contribution in [3.8, 4) is 0 Å². The molecule has 2 heterocycles. The Hall–Kier alpha value is -2.40. The zero-order valence-corrected chi connectivity index (χ0v) is 11.2. The fourth-order valence-electron chi connectivity index (χ4n) is 1.99. The molecule has 0 saturated heterocycles. The number of carbonyl (C=O) groups excluding carboxylic acids is 1. The van der Waals surface area contributed by atoms with Gasteiger partial charge in [0.25, 0.3) is 0 Å². The molecule has 6 heteroatoms. The van der Waals surface area contributed by atoms with Crippen molar-refractivity contribution in [1.82, 2.24) is 14.6 Å². The van der Waals surface area contributed by atoms with E-state index in [-0.39, 0.29) is 5.28 Å². The summed E-state index contributed by atoms with van der Waals surface area (Å²) >= 11 is 5.89. The molecule has 0 aliphatic carbocycles. The van der Waals surface area contributed by atoms with Crippen LogP contribution in [0, 0.1) is 0 Å². The van der Waals surface area contributed by atoms with Gasteiger partial charge in [-0.25, -0.2) is 4.52 Å². The fourth-order valence-corrected chi connectivity index (χ4v) is 2.15. The van der Waals surface area contributed by atoms with Gasteiger partial charge in [-0.2, -0.15) is 4.98 Å². The molecule has 0 unspecified atom stereocenters. The van der Waals surface area contributed by atoms with Gasteiger partial charge < -0.3 is 5.32 Å². The van der Waals surface area contributed by atoms with Crippen LogP contribution in [0.1, 0.15) is 16.1 Å². The highest BCUT2D eigenvalue weighted by atomic mass is 35.5. The van der Waals surface area contributed by atoms with Gasteiger partial charge in [-0.15, -0.1) is 5.10 Å². The van der Waals surface area contributed by atoms with E-state index in [0.29, 0.717) is 23.6 Å². The number of benzene rings is 1. The van der Waals surface area contributed by atoms with Gasteiger partial charge >= 0.3 is 0 Å². The molecule has 2 aromatic heterocycles. The van der Waals surface area contributed by atoms with E-state index >= 15 is 0 Å². The standard InChI is InChI=1S/C14H11ClN4O/c15-14-17-13(16-8-10-4-2-1-3-5-10)12-7-6-11(9-20)19(12)18-14/h1-7,9H,8H2,(H,16,17,18). The highest BCUT2D eigenvalue weighted by Gasteiger charge is 2.10. The predicted molar refractivity (Wildman–Crippen MR) is 77.2 cm³/mol. The van der Waals surface area contributed by atoms with Gasteiger partial charge in [0.2, 0.25) is 5.28 Å². The Kier molecular flexibility index (Phi) is 3.35. The summed E-state index contributed by atoms with van der Waals surface area (Å²) in [4.78, 5) is 15.1. The highest BCUT2D eigenvalue weighted by Crippen LogP contribution is 2.19. The molecule has 0 saturated carbocycles. The smallest absolute Gasteiger partial charge is 0.243 e. The van der Waals surface area contributed by atoms with Crippen LogP contribution in [0.5, 0.6) is 0 Å². The quantitative estimate of drug-likeness (QED) is 0.749. The number of hydrogen-bond donors (Lipinski definition) is 1. The van der Waals surface area contributed by atoms with Gasteiger partial charge in [0.05, 0.1) is 0 Å². The third-order valence-electron chi connectivity index (χ3n) is 2.94. The Bertz CT molecular complexity index is 754. The SMILES string of the molecule is O=Cc1ccc2c(NCc3ccccc3)nc(Cl)nn12. The summed E-state index contributed by atoms with van der Waals surface area (Å²) in [5.74, 6) is 0.599. The lowest BCUT2D eigenvalue weighted by Crippen LogP contribution is -2.06. The van der Waals surface area contributed by atoms with Gasteiger partial charge in [0, 0.05) is 6.54 Å². The van der Waals surface area contributed by atoms with Crippen LogP contribution in [0.15, 0.2) is 42.5 Å². The number of nitrogens with one attached hydrogen (secondary N) is 1. The summed E-state index contributed by atoms with van der Waals surface area (Å²) in [6.45, 7) is 0.617. The second-order valence-corrected chi connectivity index (χ2v) is 4.58. The summed E-state index contributed by atoms with van der Waals surface area (Å²) in [5, 5.41) is 7.32. The highest BCUT2D eigenvalue weighted by molar-refractivity contribution is 6.28. The molecule has 0 aliphatic heterocycles. The van der Waals surface area contributed by atoms with Crippen LogP contribution in [-0.2, 0) is 6.54 Å². The van der Waals surface area contributed by atoms with Gasteiger partial charge in [-0.05, 0) is 29.3 Å². The molecular weight excluding hydrogens is 276 g/mol. The van der Waals surface area contributed by atoms with Crippen LogP contribution in [0.3, 0.4) is 0 Å². The van der Waals surface area contributed by atoms with Crippen LogP contribution in [0.2, 0.25) is 5.28 Å². The van der Waals surface area contributed by atoms with E-state index in [2.05, 4.69) is 15.4 Å². The molecule has 20 heavy (non-hydrogen) atoms. The number of rotatable bonds is 4. The zero-order valence-electron chi connectivity index (χ0n) is 10.5. The molecule has 0 radical (unpaired) electrons. The van der Waals surface area contributed by atoms with Crippen molar-refractivity contribution in [2.24, 2.45) is 0 Å². The Morgan fingerprint density at radius 2 is 2.00 bits per heavy atom. The van der Waals surface area contributed by atoms with Gasteiger partial charge in [-0.3, -0.25) is 4.79 Å². The third kappa shape index (κ3) is 2.35. The molecule has 1 aromatic carbocycles. The largest absolute Gasteiger partial charge is 0.364 e. The van der Waals surface area contributed by atoms with E-state index < -0.39 is 0 Å². The van der Waals surface area contributed by atoms with Crippen LogP contribution in [0.25, 0.3) is 5.52 Å². The maximum Gasteiger partial charge on any atom is 0.243 e. The van der Waals surface area contributed by atoms with Crippen LogP contribution in [0.4, 0.5) is 5.82 Å². The first-order chi connectivity index (χ1) is 9.78. The molecule has 0 bridgehead atoms. The first-order valence-corrected chi connectivity index (χ1v) is 6.44. The molecule has 0 atom stereocenters. The molecular formula is C14H11ClN4O. The second kappa shape index (κ2) is 5.30. The van der Waals surface area contributed by atoms with E-state index in [1.807, 2.05) is 30.3 Å². The number of hydrogen-bond acceptors (Lipinski definition) is 4. The van der Waals surface area contributed by atoms with E-state index in [4.69, 9.17) is 11.6 Å². The van der Waals surface area contributed by atoms with Crippen molar-refractivity contribution in [2.75, 3.05) is 5.32 Å². The maximum atomic E-state index is 10.9. The molecule has 0 fully saturated rings. The predicted octanol–water partition coefficient (Wildman–Crippen LogP) is 2.81. The molecule has 0 aliphatic rings. The Morgan fingerprint density at radius 3 is 2.75 bits per heavy atom. The van der Waals surface area contributed by atoms with Gasteiger partial charge in [0.15, 0.2) is 12.1 Å². The monoisotopic (exact) mass is 286 g/mol. The number of nitrogens with zero attached hydrogens (tertiary/aromatic N) is 3. The van der Waals surface area contributed by atoms with Crippen molar-refractivity contribution in [1.29, 1.82) is 0 Å². The number of halogens is 1. The number of anilines is 1. The zero-order chi connectivity index (χ0) is 13.9. The summed E-state index contributed by atoms with van der Waals surface area (Å²) < 4.78 is 1.48. The van der Waals surface area contributed by atoms with Crippen LogP contribution < -0.4 is 5.32 Å². The fraction of sp³-hybridized carbons (Fsp3) is 0.0714. The van der Waals surface area contributed by atoms with Crippen LogP contribution >= 0.6 is 11.6 Å². The number of fused-ring (bicyclic) bond motifs is 1. The summed E-state index contributed by atoms with van der Waals surface area (Å²) in [6.07, 6.45) is 0.733. The molecule has 0 amide bonds. The van der Waals surface area contributed by atoms with Gasteiger partial charge in [-0.1, -0.05) is 30.3 Å². The lowest BCUT2D eigenvalue weighted by atomic mass is 10.2. The molecule has 100 valence electrons. The first kappa shape index (κ1) is 12.6. The molecule has 5 nitrogen and oxygen atoms in total. The number of carbonyl (C=O) groups is 1. The molecule has 0 spiro atoms. The minimum absolute atomic E-state index is 0.0901. The molecule has 1 N–H and O–H groups in total. The minimum atomic E-state index is 0.0901. The minimum Gasteiger partial charge on any atom is -0.364 e. The lowest BCUT2D eigenvalue weighted by molar-refractivity contribution is 0.111. The van der Waals surface area contributed by atoms with E-state index in [0.717, 1.165) is 11.8 Å². The maximum absolute atomic E-state index is 10.9. The third-order valence-corrected chi connectivity index (χ3v) is 3.10. The van der Waals surface area contributed by atoms with Crippen molar-refractivity contribution in [2.45, 2.75) is 6.54 Å². The van der Waals surface area contributed by atoms with Crippen molar-refractivity contribution in [3.63, 3.8) is 0 Å². The summed E-state index contributed by atoms with van der Waals surface area (Å²) in [6, 6.07) is 13.4. The van der Waals surface area contributed by atoms with E-state index in [9.17, 15) is 4.79 Å². The Labute approximate surface area is 120 Å². The van der Waals surface area contributed by atoms with Crippen LogP contribution in [-0.4, -0.2) is 20.9 Å². The van der Waals surface area contributed by atoms with Crippen molar-refractivity contribution < 1.29 is 4.79 Å². The van der Waals surface area contributed by atoms with Crippen molar-refractivity contribution >= 4 is 29.2 Å². The number of aldehydes is 1. The normalized spacial score (nSPS) is 10.7. The van der Waals surface area contributed by atoms with Crippen molar-refractivity contribution in [3.05, 3.63) is 59.0 Å². The summed E-state index contributed by atoms with van der Waals surface area (Å²) in [7, 11) is 0. The second-order valence-electron chi connectivity index (χ2n) is 4.24. The Balaban J connectivity index is 1.95. The molecule has 3 rings (SSSR count). The first-order valence-electron chi connectivity index (χ1n) is 6.06. The average molecular weight is 287 g/mol. The van der Waals surface area contributed by atoms with Gasteiger partial charge in [0.1, 0.15) is 11.2 Å².